The Labute approximate surface area is 120 Å². The molecule has 0 amide bonds. The van der Waals surface area contributed by atoms with Gasteiger partial charge in [-0.3, -0.25) is 0 Å². The molecule has 0 saturated carbocycles. The Kier molecular flexibility index (Phi) is 3.60. The van der Waals surface area contributed by atoms with E-state index in [1.807, 2.05) is 27.7 Å². The number of ether oxygens (including phenoxy) is 5. The van der Waals surface area contributed by atoms with Crippen LogP contribution in [-0.2, 0) is 23.7 Å². The molecule has 6 nitrogen and oxygen atoms in total. The SMILES string of the molecule is CCN[C@H]1[C@H]2OC(C)(C)O[C@H]2O[C@@H]1[C@H]1COC(C)(C)O1. The topological polar surface area (TPSA) is 58.2 Å². The minimum atomic E-state index is -0.597. The van der Waals surface area contributed by atoms with E-state index in [1.54, 1.807) is 0 Å². The molecule has 0 unspecified atom stereocenters. The summed E-state index contributed by atoms with van der Waals surface area (Å²) in [6.45, 7) is 11.1. The summed E-state index contributed by atoms with van der Waals surface area (Å²) in [5, 5.41) is 3.44. The van der Waals surface area contributed by atoms with Gasteiger partial charge in [0, 0.05) is 0 Å². The molecule has 3 saturated heterocycles. The second-order valence-electron chi connectivity index (χ2n) is 6.52. The third-order valence-electron chi connectivity index (χ3n) is 3.92. The number of rotatable bonds is 3. The predicted octanol–water partition coefficient (Wildman–Crippen LogP) is 0.992. The van der Waals surface area contributed by atoms with Crippen LogP contribution in [0.4, 0.5) is 0 Å². The average molecular weight is 287 g/mol. The van der Waals surface area contributed by atoms with Crippen molar-refractivity contribution >= 4 is 0 Å². The van der Waals surface area contributed by atoms with E-state index in [0.29, 0.717) is 6.61 Å². The first-order valence-corrected chi connectivity index (χ1v) is 7.37. The highest BCUT2D eigenvalue weighted by molar-refractivity contribution is 5.01. The fourth-order valence-electron chi connectivity index (χ4n) is 3.20. The summed E-state index contributed by atoms with van der Waals surface area (Å²) in [5.41, 5.74) is 0. The molecule has 1 N–H and O–H groups in total. The third kappa shape index (κ3) is 2.61. The van der Waals surface area contributed by atoms with Crippen molar-refractivity contribution in [1.82, 2.24) is 5.32 Å². The van der Waals surface area contributed by atoms with Crippen LogP contribution in [0.1, 0.15) is 34.6 Å². The normalized spacial score (nSPS) is 45.8. The standard InChI is InChI=1S/C14H25NO5/c1-6-15-9-10(8-7-16-13(2,3)18-8)17-12-11(9)19-14(4,5)20-12/h8-12,15H,6-7H2,1-5H3/t8-,9-,10-,11-,12-/m1/s1. The van der Waals surface area contributed by atoms with Crippen molar-refractivity contribution in [3.63, 3.8) is 0 Å². The maximum absolute atomic E-state index is 6.05. The molecule has 6 heteroatoms. The molecule has 116 valence electrons. The van der Waals surface area contributed by atoms with E-state index in [9.17, 15) is 0 Å². The fourth-order valence-corrected chi connectivity index (χ4v) is 3.20. The molecule has 0 bridgehead atoms. The average Bonchev–Trinajstić information content (AvgIpc) is 2.91. The van der Waals surface area contributed by atoms with E-state index in [1.165, 1.54) is 0 Å². The van der Waals surface area contributed by atoms with Crippen LogP contribution in [0, 0.1) is 0 Å². The molecular formula is C14H25NO5. The highest BCUT2D eigenvalue weighted by Crippen LogP contribution is 2.40. The molecule has 20 heavy (non-hydrogen) atoms. The van der Waals surface area contributed by atoms with Gasteiger partial charge in [0.05, 0.1) is 12.6 Å². The summed E-state index contributed by atoms with van der Waals surface area (Å²) in [4.78, 5) is 0. The lowest BCUT2D eigenvalue weighted by Crippen LogP contribution is -2.50. The lowest BCUT2D eigenvalue weighted by Gasteiger charge is -2.29. The van der Waals surface area contributed by atoms with Crippen LogP contribution in [0.3, 0.4) is 0 Å². The van der Waals surface area contributed by atoms with E-state index in [0.717, 1.165) is 6.54 Å². The Bertz CT molecular complexity index is 373. The van der Waals surface area contributed by atoms with Gasteiger partial charge in [0.2, 0.25) is 0 Å². The van der Waals surface area contributed by atoms with Gasteiger partial charge in [-0.1, -0.05) is 6.92 Å². The number of nitrogens with one attached hydrogen (secondary N) is 1. The first-order valence-electron chi connectivity index (χ1n) is 7.37. The van der Waals surface area contributed by atoms with Gasteiger partial charge in [0.1, 0.15) is 18.3 Å². The molecule has 0 radical (unpaired) electrons. The van der Waals surface area contributed by atoms with E-state index in [-0.39, 0.29) is 30.6 Å². The van der Waals surface area contributed by atoms with Crippen LogP contribution >= 0.6 is 0 Å². The molecule has 3 rings (SSSR count). The first-order chi connectivity index (χ1) is 9.31. The van der Waals surface area contributed by atoms with Crippen molar-refractivity contribution < 1.29 is 23.7 Å². The van der Waals surface area contributed by atoms with Crippen molar-refractivity contribution in [1.29, 1.82) is 0 Å². The Hall–Kier alpha value is -0.240. The van der Waals surface area contributed by atoms with Crippen LogP contribution < -0.4 is 5.32 Å². The lowest BCUT2D eigenvalue weighted by atomic mass is 10.0. The first kappa shape index (κ1) is 14.7. The van der Waals surface area contributed by atoms with Gasteiger partial charge < -0.3 is 29.0 Å². The Morgan fingerprint density at radius 2 is 1.75 bits per heavy atom. The van der Waals surface area contributed by atoms with Gasteiger partial charge in [-0.2, -0.15) is 0 Å². The summed E-state index contributed by atoms with van der Waals surface area (Å²) >= 11 is 0. The van der Waals surface area contributed by atoms with E-state index in [4.69, 9.17) is 23.7 Å². The summed E-state index contributed by atoms with van der Waals surface area (Å²) in [5.74, 6) is -1.15. The van der Waals surface area contributed by atoms with Gasteiger partial charge >= 0.3 is 0 Å². The Balaban J connectivity index is 1.73. The van der Waals surface area contributed by atoms with Crippen molar-refractivity contribution in [3.8, 4) is 0 Å². The molecular weight excluding hydrogens is 262 g/mol. The second kappa shape index (κ2) is 4.90. The molecule has 3 fully saturated rings. The van der Waals surface area contributed by atoms with E-state index >= 15 is 0 Å². The van der Waals surface area contributed by atoms with Crippen molar-refractivity contribution in [2.75, 3.05) is 13.2 Å². The zero-order chi connectivity index (χ0) is 14.5. The zero-order valence-electron chi connectivity index (χ0n) is 12.8. The maximum atomic E-state index is 6.05. The maximum Gasteiger partial charge on any atom is 0.189 e. The monoisotopic (exact) mass is 287 g/mol. The number of hydrogen-bond donors (Lipinski definition) is 1. The van der Waals surface area contributed by atoms with Gasteiger partial charge in [-0.25, -0.2) is 0 Å². The number of fused-ring (bicyclic) bond motifs is 1. The Morgan fingerprint density at radius 1 is 1.00 bits per heavy atom. The molecule has 3 aliphatic heterocycles. The molecule has 0 aromatic carbocycles. The van der Waals surface area contributed by atoms with Crippen LogP contribution in [-0.4, -0.2) is 55.4 Å². The molecule has 0 aromatic heterocycles. The highest BCUT2D eigenvalue weighted by atomic mass is 16.8. The fraction of sp³-hybridized carbons (Fsp3) is 1.00. The van der Waals surface area contributed by atoms with Crippen molar-refractivity contribution in [3.05, 3.63) is 0 Å². The summed E-state index contributed by atoms with van der Waals surface area (Å²) in [7, 11) is 0. The lowest BCUT2D eigenvalue weighted by molar-refractivity contribution is -0.223. The second-order valence-corrected chi connectivity index (χ2v) is 6.52. The van der Waals surface area contributed by atoms with Gasteiger partial charge in [-0.15, -0.1) is 0 Å². The van der Waals surface area contributed by atoms with Crippen molar-refractivity contribution in [2.24, 2.45) is 0 Å². The minimum absolute atomic E-state index is 0.0503. The molecule has 0 aliphatic carbocycles. The number of likely N-dealkylation sites (N-methyl/N-ethyl adjacent to an activating group) is 1. The predicted molar refractivity (Wildman–Crippen MR) is 71.1 cm³/mol. The largest absolute Gasteiger partial charge is 0.348 e. The van der Waals surface area contributed by atoms with Crippen molar-refractivity contribution in [2.45, 2.75) is 76.8 Å². The Morgan fingerprint density at radius 3 is 2.35 bits per heavy atom. The number of hydrogen-bond acceptors (Lipinski definition) is 6. The smallest absolute Gasteiger partial charge is 0.189 e. The summed E-state index contributed by atoms with van der Waals surface area (Å²) in [6, 6.07) is 0.0503. The molecule has 0 aromatic rings. The van der Waals surface area contributed by atoms with Crippen LogP contribution in [0.2, 0.25) is 0 Å². The molecule has 3 heterocycles. The third-order valence-corrected chi connectivity index (χ3v) is 3.92. The summed E-state index contributed by atoms with van der Waals surface area (Å²) in [6.07, 6.45) is -0.675. The molecule has 0 spiro atoms. The van der Waals surface area contributed by atoms with Crippen LogP contribution in [0.5, 0.6) is 0 Å². The van der Waals surface area contributed by atoms with E-state index < -0.39 is 11.6 Å². The van der Waals surface area contributed by atoms with Gasteiger partial charge in [0.25, 0.3) is 0 Å². The van der Waals surface area contributed by atoms with Gasteiger partial charge in [-0.05, 0) is 34.2 Å². The summed E-state index contributed by atoms with van der Waals surface area (Å²) < 4.78 is 29.4. The quantitative estimate of drug-likeness (QED) is 0.835. The minimum Gasteiger partial charge on any atom is -0.348 e. The van der Waals surface area contributed by atoms with Crippen LogP contribution in [0.15, 0.2) is 0 Å². The van der Waals surface area contributed by atoms with Gasteiger partial charge in [0.15, 0.2) is 17.9 Å². The van der Waals surface area contributed by atoms with Crippen LogP contribution in [0.25, 0.3) is 0 Å². The molecule has 3 aliphatic rings. The molecule has 5 atom stereocenters. The zero-order valence-corrected chi connectivity index (χ0v) is 12.8. The highest BCUT2D eigenvalue weighted by Gasteiger charge is 2.57. The van der Waals surface area contributed by atoms with E-state index in [2.05, 4.69) is 12.2 Å².